The zero-order chi connectivity index (χ0) is 12.0. The highest BCUT2D eigenvalue weighted by Crippen LogP contribution is 2.29. The summed E-state index contributed by atoms with van der Waals surface area (Å²) in [5.41, 5.74) is -0.951. The third-order valence-corrected chi connectivity index (χ3v) is 2.92. The van der Waals surface area contributed by atoms with Gasteiger partial charge < -0.3 is 4.42 Å². The minimum absolute atomic E-state index is 0.353. The molecular weight excluding hydrogens is 268 g/mol. The fraction of sp³-hybridized carbons (Fsp3) is 0.500. The van der Waals surface area contributed by atoms with Crippen molar-refractivity contribution >= 4 is 15.9 Å². The molecule has 0 aromatic carbocycles. The van der Waals surface area contributed by atoms with E-state index in [9.17, 15) is 0 Å². The van der Waals surface area contributed by atoms with Crippen molar-refractivity contribution in [3.63, 3.8) is 0 Å². The number of nitriles is 2. The van der Waals surface area contributed by atoms with Gasteiger partial charge in [0.2, 0.25) is 0 Å². The van der Waals surface area contributed by atoms with Gasteiger partial charge in [-0.3, -0.25) is 0 Å². The Morgan fingerprint density at radius 2 is 2.06 bits per heavy atom. The lowest BCUT2D eigenvalue weighted by Crippen LogP contribution is -2.19. The van der Waals surface area contributed by atoms with Gasteiger partial charge in [0, 0.05) is 6.42 Å². The van der Waals surface area contributed by atoms with Crippen LogP contribution in [0.1, 0.15) is 31.9 Å². The third-order valence-electron chi connectivity index (χ3n) is 2.49. The first-order valence-corrected chi connectivity index (χ1v) is 6.02. The average molecular weight is 281 g/mol. The molecule has 1 heterocycles. The van der Waals surface area contributed by atoms with Gasteiger partial charge in [0.1, 0.15) is 5.76 Å². The lowest BCUT2D eigenvalue weighted by atomic mass is 9.82. The zero-order valence-corrected chi connectivity index (χ0v) is 10.7. The highest BCUT2D eigenvalue weighted by molar-refractivity contribution is 9.10. The molecule has 0 aliphatic heterocycles. The summed E-state index contributed by atoms with van der Waals surface area (Å²) in [6, 6.07) is 7.81. The molecule has 0 saturated heterocycles. The van der Waals surface area contributed by atoms with Gasteiger partial charge in [0.05, 0.1) is 12.1 Å². The molecule has 1 aromatic rings. The predicted octanol–water partition coefficient (Wildman–Crippen LogP) is 3.81. The van der Waals surface area contributed by atoms with Gasteiger partial charge in [-0.1, -0.05) is 19.8 Å². The van der Waals surface area contributed by atoms with Crippen molar-refractivity contribution in [2.45, 2.75) is 32.6 Å². The van der Waals surface area contributed by atoms with Gasteiger partial charge >= 0.3 is 0 Å². The van der Waals surface area contributed by atoms with Crippen molar-refractivity contribution in [2.24, 2.45) is 5.41 Å². The molecule has 84 valence electrons. The molecule has 0 radical (unpaired) electrons. The smallest absolute Gasteiger partial charge is 0.169 e. The summed E-state index contributed by atoms with van der Waals surface area (Å²) in [5.74, 6) is 0.672. The van der Waals surface area contributed by atoms with Crippen LogP contribution >= 0.6 is 15.9 Å². The number of nitrogens with zero attached hydrogens (tertiary/aromatic N) is 2. The second-order valence-corrected chi connectivity index (χ2v) is 4.57. The van der Waals surface area contributed by atoms with Crippen LogP contribution in [-0.4, -0.2) is 0 Å². The summed E-state index contributed by atoms with van der Waals surface area (Å²) in [6.07, 6.45) is 2.80. The van der Waals surface area contributed by atoms with E-state index in [0.717, 1.165) is 12.8 Å². The molecule has 16 heavy (non-hydrogen) atoms. The standard InChI is InChI=1S/C12H13BrN2O/c1-2-3-6-12(8-14,9-15)7-10-4-5-11(13)16-10/h4-5H,2-3,6-7H2,1H3. The second kappa shape index (κ2) is 5.72. The lowest BCUT2D eigenvalue weighted by Gasteiger charge is -2.16. The SMILES string of the molecule is CCCCC(C#N)(C#N)Cc1ccc(Br)o1. The number of unbranched alkanes of at least 4 members (excludes halogenated alkanes) is 1. The summed E-state index contributed by atoms with van der Waals surface area (Å²) >= 11 is 3.20. The van der Waals surface area contributed by atoms with Gasteiger partial charge in [-0.2, -0.15) is 10.5 Å². The Hall–Kier alpha value is -1.26. The summed E-state index contributed by atoms with van der Waals surface area (Å²) in [6.45, 7) is 2.04. The Bertz CT molecular complexity index is 411. The van der Waals surface area contributed by atoms with E-state index in [1.54, 1.807) is 12.1 Å². The molecule has 0 unspecified atom stereocenters. The number of hydrogen-bond acceptors (Lipinski definition) is 3. The minimum Gasteiger partial charge on any atom is -0.454 e. The van der Waals surface area contributed by atoms with Crippen LogP contribution in [0.5, 0.6) is 0 Å². The third kappa shape index (κ3) is 3.12. The Kier molecular flexibility index (Phi) is 4.58. The van der Waals surface area contributed by atoms with Crippen LogP contribution in [0.4, 0.5) is 0 Å². The van der Waals surface area contributed by atoms with Crippen molar-refractivity contribution in [2.75, 3.05) is 0 Å². The van der Waals surface area contributed by atoms with Crippen LogP contribution in [0.2, 0.25) is 0 Å². The Morgan fingerprint density at radius 1 is 1.38 bits per heavy atom. The molecule has 0 N–H and O–H groups in total. The average Bonchev–Trinajstić information content (AvgIpc) is 2.70. The number of halogens is 1. The number of rotatable bonds is 5. The molecule has 1 aromatic heterocycles. The molecule has 0 fully saturated rings. The van der Waals surface area contributed by atoms with Gasteiger partial charge in [-0.15, -0.1) is 0 Å². The maximum atomic E-state index is 9.15. The Labute approximate surface area is 104 Å². The predicted molar refractivity (Wildman–Crippen MR) is 63.3 cm³/mol. The number of hydrogen-bond donors (Lipinski definition) is 0. The minimum atomic E-state index is -0.951. The van der Waals surface area contributed by atoms with Crippen LogP contribution in [-0.2, 0) is 6.42 Å². The fourth-order valence-corrected chi connectivity index (χ4v) is 1.87. The van der Waals surface area contributed by atoms with Crippen molar-refractivity contribution in [1.29, 1.82) is 10.5 Å². The summed E-state index contributed by atoms with van der Waals surface area (Å²) in [5, 5.41) is 18.3. The van der Waals surface area contributed by atoms with E-state index in [4.69, 9.17) is 14.9 Å². The molecule has 4 heteroatoms. The molecule has 0 aliphatic carbocycles. The van der Waals surface area contributed by atoms with Gasteiger partial charge in [-0.25, -0.2) is 0 Å². The first-order chi connectivity index (χ1) is 7.65. The van der Waals surface area contributed by atoms with E-state index in [1.165, 1.54) is 0 Å². The van der Waals surface area contributed by atoms with E-state index in [-0.39, 0.29) is 0 Å². The van der Waals surface area contributed by atoms with Gasteiger partial charge in [0.25, 0.3) is 0 Å². The van der Waals surface area contributed by atoms with Crippen molar-refractivity contribution in [3.05, 3.63) is 22.6 Å². The maximum Gasteiger partial charge on any atom is 0.169 e. The normalized spacial score (nSPS) is 10.8. The van der Waals surface area contributed by atoms with Crippen LogP contribution in [0, 0.1) is 28.1 Å². The van der Waals surface area contributed by atoms with Crippen LogP contribution < -0.4 is 0 Å². The largest absolute Gasteiger partial charge is 0.454 e. The van der Waals surface area contributed by atoms with Crippen LogP contribution in [0.25, 0.3) is 0 Å². The topological polar surface area (TPSA) is 60.7 Å². The molecule has 0 bridgehead atoms. The molecule has 0 spiro atoms. The zero-order valence-electron chi connectivity index (χ0n) is 9.16. The molecule has 3 nitrogen and oxygen atoms in total. The van der Waals surface area contributed by atoms with E-state index >= 15 is 0 Å². The molecular formula is C12H13BrN2O. The molecule has 1 rings (SSSR count). The van der Waals surface area contributed by atoms with Gasteiger partial charge in [-0.05, 0) is 34.5 Å². The van der Waals surface area contributed by atoms with Crippen molar-refractivity contribution in [1.82, 2.24) is 0 Å². The van der Waals surface area contributed by atoms with Gasteiger partial charge in [0.15, 0.2) is 10.1 Å². The van der Waals surface area contributed by atoms with E-state index in [2.05, 4.69) is 28.1 Å². The number of furan rings is 1. The molecule has 0 atom stereocenters. The molecule has 0 aliphatic rings. The first kappa shape index (κ1) is 12.8. The van der Waals surface area contributed by atoms with Crippen LogP contribution in [0.15, 0.2) is 21.2 Å². The molecule has 0 saturated carbocycles. The summed E-state index contributed by atoms with van der Waals surface area (Å²) in [7, 11) is 0. The highest BCUT2D eigenvalue weighted by atomic mass is 79.9. The second-order valence-electron chi connectivity index (χ2n) is 3.79. The lowest BCUT2D eigenvalue weighted by molar-refractivity contribution is 0.392. The highest BCUT2D eigenvalue weighted by Gasteiger charge is 2.31. The van der Waals surface area contributed by atoms with Crippen molar-refractivity contribution < 1.29 is 4.42 Å². The summed E-state index contributed by atoms with van der Waals surface area (Å²) < 4.78 is 5.96. The van der Waals surface area contributed by atoms with E-state index in [0.29, 0.717) is 23.3 Å². The van der Waals surface area contributed by atoms with E-state index in [1.807, 2.05) is 6.92 Å². The monoisotopic (exact) mass is 280 g/mol. The summed E-state index contributed by atoms with van der Waals surface area (Å²) in [4.78, 5) is 0. The quantitative estimate of drug-likeness (QED) is 0.824. The van der Waals surface area contributed by atoms with Crippen molar-refractivity contribution in [3.8, 4) is 12.1 Å². The first-order valence-electron chi connectivity index (χ1n) is 5.22. The van der Waals surface area contributed by atoms with Crippen LogP contribution in [0.3, 0.4) is 0 Å². The maximum absolute atomic E-state index is 9.15. The fourth-order valence-electron chi connectivity index (χ4n) is 1.53. The Balaban J connectivity index is 2.80. The Morgan fingerprint density at radius 3 is 2.50 bits per heavy atom. The van der Waals surface area contributed by atoms with E-state index < -0.39 is 5.41 Å². The molecule has 0 amide bonds.